The van der Waals surface area contributed by atoms with Crippen LogP contribution in [0.2, 0.25) is 0 Å². The Labute approximate surface area is 123 Å². The minimum Gasteiger partial charge on any atom is -0.378 e. The zero-order valence-corrected chi connectivity index (χ0v) is 13.2. The lowest BCUT2D eigenvalue weighted by molar-refractivity contribution is -0.118. The monoisotopic (exact) mass is 319 g/mol. The highest BCUT2D eigenvalue weighted by atomic mass is 35.5. The maximum atomic E-state index is 12.8. The number of carbonyl (C=O) groups excluding carboxylic acids is 1. The standard InChI is InChI=1S/C12H19ClN3O3P/c1-16(2)10-3-5-11(6-4-10)20(18,19-8-7-13)9-12(17)15-14/h3-6H,7-9,14H2,1-2H3,(H,15,17). The largest absolute Gasteiger partial charge is 0.378 e. The average Bonchev–Trinajstić information content (AvgIpc) is 2.45. The van der Waals surface area contributed by atoms with E-state index in [4.69, 9.17) is 22.0 Å². The van der Waals surface area contributed by atoms with E-state index in [1.807, 2.05) is 36.6 Å². The molecule has 0 radical (unpaired) electrons. The zero-order valence-electron chi connectivity index (χ0n) is 11.5. The molecule has 112 valence electrons. The molecule has 1 atom stereocenters. The van der Waals surface area contributed by atoms with Crippen LogP contribution in [-0.2, 0) is 13.9 Å². The molecular formula is C12H19ClN3O3P. The Kier molecular flexibility index (Phi) is 6.49. The average molecular weight is 320 g/mol. The number of rotatable bonds is 7. The Morgan fingerprint density at radius 2 is 2.00 bits per heavy atom. The van der Waals surface area contributed by atoms with Crippen molar-refractivity contribution in [2.24, 2.45) is 5.84 Å². The quantitative estimate of drug-likeness (QED) is 0.256. The van der Waals surface area contributed by atoms with Crippen LogP contribution >= 0.6 is 19.0 Å². The zero-order chi connectivity index (χ0) is 15.2. The summed E-state index contributed by atoms with van der Waals surface area (Å²) in [6, 6.07) is 7.00. The molecule has 0 bridgehead atoms. The number of hydrogen-bond acceptors (Lipinski definition) is 5. The number of carbonyl (C=O) groups is 1. The first-order chi connectivity index (χ1) is 9.42. The summed E-state index contributed by atoms with van der Waals surface area (Å²) in [5, 5.41) is 0.469. The number of amides is 1. The van der Waals surface area contributed by atoms with Crippen molar-refractivity contribution in [3.05, 3.63) is 24.3 Å². The van der Waals surface area contributed by atoms with Crippen LogP contribution in [0, 0.1) is 0 Å². The summed E-state index contributed by atoms with van der Waals surface area (Å²) in [6.45, 7) is 0.103. The third kappa shape index (κ3) is 4.49. The van der Waals surface area contributed by atoms with E-state index in [9.17, 15) is 9.36 Å². The molecule has 1 aromatic carbocycles. The second-order valence-electron chi connectivity index (χ2n) is 4.33. The fourth-order valence-electron chi connectivity index (χ4n) is 1.61. The topological polar surface area (TPSA) is 84.7 Å². The van der Waals surface area contributed by atoms with Crippen molar-refractivity contribution in [2.75, 3.05) is 37.6 Å². The van der Waals surface area contributed by atoms with Gasteiger partial charge in [-0.25, -0.2) is 5.84 Å². The molecule has 0 aromatic heterocycles. The second-order valence-corrected chi connectivity index (χ2v) is 7.15. The van der Waals surface area contributed by atoms with E-state index >= 15 is 0 Å². The van der Waals surface area contributed by atoms with E-state index in [2.05, 4.69) is 0 Å². The van der Waals surface area contributed by atoms with Gasteiger partial charge in [-0.05, 0) is 24.3 Å². The van der Waals surface area contributed by atoms with Gasteiger partial charge in [-0.3, -0.25) is 14.8 Å². The lowest BCUT2D eigenvalue weighted by atomic mass is 10.3. The van der Waals surface area contributed by atoms with E-state index in [0.29, 0.717) is 5.30 Å². The van der Waals surface area contributed by atoms with Gasteiger partial charge in [-0.1, -0.05) is 0 Å². The number of nitrogens with zero attached hydrogens (tertiary/aromatic N) is 1. The Balaban J connectivity index is 3.03. The molecule has 6 nitrogen and oxygen atoms in total. The fraction of sp³-hybridized carbons (Fsp3) is 0.417. The van der Waals surface area contributed by atoms with Crippen molar-refractivity contribution < 1.29 is 13.9 Å². The van der Waals surface area contributed by atoms with Crippen LogP contribution in [0.4, 0.5) is 5.69 Å². The number of anilines is 1. The fourth-order valence-corrected chi connectivity index (χ4v) is 3.67. The van der Waals surface area contributed by atoms with Crippen LogP contribution in [0.5, 0.6) is 0 Å². The van der Waals surface area contributed by atoms with Gasteiger partial charge in [0.1, 0.15) is 6.16 Å². The molecule has 1 aromatic rings. The van der Waals surface area contributed by atoms with Crippen molar-refractivity contribution >= 4 is 35.9 Å². The van der Waals surface area contributed by atoms with E-state index in [1.165, 1.54) is 0 Å². The Bertz CT molecular complexity index is 493. The number of halogens is 1. The third-order valence-corrected chi connectivity index (χ3v) is 5.19. The van der Waals surface area contributed by atoms with Gasteiger partial charge in [-0.15, -0.1) is 11.6 Å². The maximum absolute atomic E-state index is 12.8. The van der Waals surface area contributed by atoms with Gasteiger partial charge >= 0.3 is 0 Å². The number of alkyl halides is 1. The SMILES string of the molecule is CN(C)c1ccc(P(=O)(CC(=O)NN)OCCCl)cc1. The van der Waals surface area contributed by atoms with Gasteiger partial charge in [0.2, 0.25) is 13.3 Å². The minimum atomic E-state index is -3.31. The first-order valence-corrected chi connectivity index (χ1v) is 8.34. The molecule has 0 aliphatic heterocycles. The molecule has 0 fully saturated rings. The number of hydrogen-bond donors (Lipinski definition) is 2. The number of nitrogens with one attached hydrogen (secondary N) is 1. The normalized spacial score (nSPS) is 13.6. The van der Waals surface area contributed by atoms with E-state index < -0.39 is 13.3 Å². The molecule has 1 unspecified atom stereocenters. The number of nitrogens with two attached hydrogens (primary N) is 1. The summed E-state index contributed by atoms with van der Waals surface area (Å²) in [5.74, 6) is 4.70. The van der Waals surface area contributed by atoms with Crippen molar-refractivity contribution in [1.82, 2.24) is 5.43 Å². The van der Waals surface area contributed by atoms with Gasteiger partial charge in [0.05, 0.1) is 6.61 Å². The highest BCUT2D eigenvalue weighted by molar-refractivity contribution is 7.67. The summed E-state index contributed by atoms with van der Waals surface area (Å²) in [5.41, 5.74) is 2.92. The molecule has 1 rings (SSSR count). The summed E-state index contributed by atoms with van der Waals surface area (Å²) in [6.07, 6.45) is -0.304. The van der Waals surface area contributed by atoms with E-state index in [1.54, 1.807) is 12.1 Å². The minimum absolute atomic E-state index is 0.103. The molecule has 8 heteroatoms. The van der Waals surface area contributed by atoms with Gasteiger partial charge in [0.15, 0.2) is 0 Å². The first kappa shape index (κ1) is 17.0. The smallest absolute Gasteiger partial charge is 0.243 e. The van der Waals surface area contributed by atoms with Gasteiger partial charge in [0.25, 0.3) is 0 Å². The molecule has 0 heterocycles. The van der Waals surface area contributed by atoms with Crippen LogP contribution in [0.1, 0.15) is 0 Å². The number of benzene rings is 1. The molecule has 3 N–H and O–H groups in total. The van der Waals surface area contributed by atoms with Crippen LogP contribution in [-0.4, -0.2) is 38.7 Å². The van der Waals surface area contributed by atoms with Gasteiger partial charge < -0.3 is 9.42 Å². The third-order valence-electron chi connectivity index (χ3n) is 2.65. The van der Waals surface area contributed by atoms with Crippen LogP contribution in [0.25, 0.3) is 0 Å². The lowest BCUT2D eigenvalue weighted by Crippen LogP contribution is -2.34. The van der Waals surface area contributed by atoms with E-state index in [0.717, 1.165) is 5.69 Å². The molecule has 0 aliphatic carbocycles. The lowest BCUT2D eigenvalue weighted by Gasteiger charge is -2.19. The van der Waals surface area contributed by atoms with Gasteiger partial charge in [0, 0.05) is 31.0 Å². The molecule has 20 heavy (non-hydrogen) atoms. The van der Waals surface area contributed by atoms with Crippen LogP contribution < -0.4 is 21.5 Å². The molecule has 0 aliphatic rings. The molecule has 1 amide bonds. The Morgan fingerprint density at radius 1 is 1.40 bits per heavy atom. The summed E-state index contributed by atoms with van der Waals surface area (Å²) in [7, 11) is 0.501. The van der Waals surface area contributed by atoms with Gasteiger partial charge in [-0.2, -0.15) is 0 Å². The summed E-state index contributed by atoms with van der Waals surface area (Å²) < 4.78 is 18.1. The highest BCUT2D eigenvalue weighted by Gasteiger charge is 2.29. The molecule has 0 saturated carbocycles. The summed E-state index contributed by atoms with van der Waals surface area (Å²) >= 11 is 5.55. The first-order valence-electron chi connectivity index (χ1n) is 6.00. The maximum Gasteiger partial charge on any atom is 0.243 e. The predicted molar refractivity (Wildman–Crippen MR) is 81.9 cm³/mol. The van der Waals surface area contributed by atoms with Crippen LogP contribution in [0.15, 0.2) is 24.3 Å². The number of hydrazine groups is 1. The molecule has 0 saturated heterocycles. The Hall–Kier alpha value is -1.07. The van der Waals surface area contributed by atoms with Crippen molar-refractivity contribution in [3.8, 4) is 0 Å². The molecule has 0 spiro atoms. The van der Waals surface area contributed by atoms with Crippen molar-refractivity contribution in [3.63, 3.8) is 0 Å². The molecular weight excluding hydrogens is 301 g/mol. The second kappa shape index (κ2) is 7.64. The Morgan fingerprint density at radius 3 is 2.45 bits per heavy atom. The van der Waals surface area contributed by atoms with Crippen molar-refractivity contribution in [1.29, 1.82) is 0 Å². The predicted octanol–water partition coefficient (Wildman–Crippen LogP) is 0.901. The van der Waals surface area contributed by atoms with Crippen LogP contribution in [0.3, 0.4) is 0 Å². The summed E-state index contributed by atoms with van der Waals surface area (Å²) in [4.78, 5) is 13.3. The highest BCUT2D eigenvalue weighted by Crippen LogP contribution is 2.45. The van der Waals surface area contributed by atoms with Crippen molar-refractivity contribution in [2.45, 2.75) is 0 Å². The van der Waals surface area contributed by atoms with E-state index in [-0.39, 0.29) is 18.6 Å².